The monoisotopic (exact) mass is 303 g/mol. The Morgan fingerprint density at radius 2 is 2.18 bits per heavy atom. The van der Waals surface area contributed by atoms with Crippen LogP contribution >= 0.6 is 0 Å². The van der Waals surface area contributed by atoms with Gasteiger partial charge in [0, 0.05) is 56.8 Å². The van der Waals surface area contributed by atoms with Crippen LogP contribution < -0.4 is 5.32 Å². The molecule has 0 radical (unpaired) electrons. The highest BCUT2D eigenvalue weighted by atomic mass is 16.5. The summed E-state index contributed by atoms with van der Waals surface area (Å²) in [7, 11) is 4.02. The highest BCUT2D eigenvalue weighted by Crippen LogP contribution is 2.37. The third kappa shape index (κ3) is 2.80. The molecule has 0 amide bonds. The van der Waals surface area contributed by atoms with E-state index >= 15 is 0 Å². The molecule has 1 N–H and O–H groups in total. The molecule has 3 heterocycles. The van der Waals surface area contributed by atoms with Crippen LogP contribution in [0.2, 0.25) is 0 Å². The summed E-state index contributed by atoms with van der Waals surface area (Å²) in [5, 5.41) is 8.05. The minimum absolute atomic E-state index is 0.155. The van der Waals surface area contributed by atoms with Gasteiger partial charge < -0.3 is 14.6 Å². The lowest BCUT2D eigenvalue weighted by Gasteiger charge is -2.20. The molecular weight excluding hydrogens is 278 g/mol. The van der Waals surface area contributed by atoms with Crippen molar-refractivity contribution in [1.29, 1.82) is 0 Å². The zero-order chi connectivity index (χ0) is 15.7. The van der Waals surface area contributed by atoms with Crippen molar-refractivity contribution in [3.05, 3.63) is 35.2 Å². The summed E-state index contributed by atoms with van der Waals surface area (Å²) in [6.07, 6.45) is 5.05. The first kappa shape index (κ1) is 15.2. The van der Waals surface area contributed by atoms with Crippen LogP contribution in [0.1, 0.15) is 35.3 Å². The van der Waals surface area contributed by atoms with E-state index in [9.17, 15) is 0 Å². The van der Waals surface area contributed by atoms with Gasteiger partial charge in [-0.25, -0.2) is 4.98 Å². The minimum atomic E-state index is 0.155. The Morgan fingerprint density at radius 1 is 1.36 bits per heavy atom. The molecule has 2 atom stereocenters. The number of nitrogens with one attached hydrogen (secondary N) is 1. The zero-order valence-corrected chi connectivity index (χ0v) is 13.8. The van der Waals surface area contributed by atoms with Crippen molar-refractivity contribution in [2.45, 2.75) is 32.9 Å². The van der Waals surface area contributed by atoms with Crippen LogP contribution in [0.3, 0.4) is 0 Å². The fourth-order valence-corrected chi connectivity index (χ4v) is 3.30. The Kier molecular flexibility index (Phi) is 4.31. The Morgan fingerprint density at radius 3 is 2.82 bits per heavy atom. The molecule has 0 aromatic carbocycles. The summed E-state index contributed by atoms with van der Waals surface area (Å²) in [6.45, 7) is 6.74. The van der Waals surface area contributed by atoms with Crippen molar-refractivity contribution < 1.29 is 4.74 Å². The Bertz CT molecular complexity index is 645. The molecule has 3 rings (SSSR count). The maximum Gasteiger partial charge on any atom is 0.122 e. The van der Waals surface area contributed by atoms with E-state index in [-0.39, 0.29) is 6.10 Å². The molecular formula is C16H25N5O. The van der Waals surface area contributed by atoms with Crippen LogP contribution in [0.25, 0.3) is 0 Å². The Hall–Kier alpha value is -1.66. The number of rotatable bonds is 5. The first-order valence-electron chi connectivity index (χ1n) is 7.86. The van der Waals surface area contributed by atoms with Crippen LogP contribution in [0.4, 0.5) is 0 Å². The number of ether oxygens (including phenoxy) is 1. The van der Waals surface area contributed by atoms with E-state index in [4.69, 9.17) is 4.74 Å². The fourth-order valence-electron chi connectivity index (χ4n) is 3.30. The van der Waals surface area contributed by atoms with Crippen LogP contribution in [0.5, 0.6) is 0 Å². The van der Waals surface area contributed by atoms with Crippen molar-refractivity contribution in [3.63, 3.8) is 0 Å². The van der Waals surface area contributed by atoms with Gasteiger partial charge in [-0.2, -0.15) is 5.10 Å². The first-order valence-corrected chi connectivity index (χ1v) is 7.86. The van der Waals surface area contributed by atoms with Crippen molar-refractivity contribution in [1.82, 2.24) is 24.6 Å². The zero-order valence-electron chi connectivity index (χ0n) is 13.8. The molecule has 2 aromatic heterocycles. The normalized spacial score (nSPS) is 21.6. The molecule has 0 bridgehead atoms. The quantitative estimate of drug-likeness (QED) is 0.912. The largest absolute Gasteiger partial charge is 0.373 e. The summed E-state index contributed by atoms with van der Waals surface area (Å²) >= 11 is 0. The van der Waals surface area contributed by atoms with Crippen molar-refractivity contribution >= 4 is 0 Å². The third-order valence-corrected chi connectivity index (χ3v) is 4.67. The van der Waals surface area contributed by atoms with E-state index in [1.54, 1.807) is 0 Å². The average molecular weight is 303 g/mol. The SMILES string of the molecule is Cc1nn(C)c(C)c1[C@@H]1OCC[C@@H]1CNCc1nccn1C. The molecule has 2 aromatic rings. The minimum Gasteiger partial charge on any atom is -0.373 e. The first-order chi connectivity index (χ1) is 10.6. The maximum atomic E-state index is 6.02. The summed E-state index contributed by atoms with van der Waals surface area (Å²) in [5.41, 5.74) is 3.56. The summed E-state index contributed by atoms with van der Waals surface area (Å²) in [4.78, 5) is 4.34. The third-order valence-electron chi connectivity index (χ3n) is 4.67. The average Bonchev–Trinajstić information content (AvgIpc) is 3.14. The molecule has 1 aliphatic heterocycles. The number of nitrogens with zero attached hydrogens (tertiary/aromatic N) is 4. The molecule has 120 valence electrons. The van der Waals surface area contributed by atoms with E-state index < -0.39 is 0 Å². The molecule has 0 spiro atoms. The van der Waals surface area contributed by atoms with Crippen LogP contribution in [-0.4, -0.2) is 32.5 Å². The molecule has 6 nitrogen and oxygen atoms in total. The predicted molar refractivity (Wildman–Crippen MR) is 84.4 cm³/mol. The van der Waals surface area contributed by atoms with Crippen molar-refractivity contribution in [2.24, 2.45) is 20.0 Å². The molecule has 1 fully saturated rings. The van der Waals surface area contributed by atoms with Gasteiger partial charge in [0.2, 0.25) is 0 Å². The molecule has 0 aliphatic carbocycles. The van der Waals surface area contributed by atoms with E-state index in [2.05, 4.69) is 29.2 Å². The van der Waals surface area contributed by atoms with Gasteiger partial charge in [0.25, 0.3) is 0 Å². The van der Waals surface area contributed by atoms with Gasteiger partial charge in [0.15, 0.2) is 0 Å². The Labute approximate surface area is 131 Å². The van der Waals surface area contributed by atoms with E-state index in [0.29, 0.717) is 5.92 Å². The smallest absolute Gasteiger partial charge is 0.122 e. The highest BCUT2D eigenvalue weighted by Gasteiger charge is 2.33. The second kappa shape index (κ2) is 6.22. The van der Waals surface area contributed by atoms with Gasteiger partial charge in [0.1, 0.15) is 5.82 Å². The van der Waals surface area contributed by atoms with Crippen LogP contribution in [-0.2, 0) is 25.4 Å². The fraction of sp³-hybridized carbons (Fsp3) is 0.625. The number of imidazole rings is 1. The second-order valence-electron chi connectivity index (χ2n) is 6.13. The molecule has 22 heavy (non-hydrogen) atoms. The number of hydrogen-bond donors (Lipinski definition) is 1. The highest BCUT2D eigenvalue weighted by molar-refractivity contribution is 5.28. The van der Waals surface area contributed by atoms with Gasteiger partial charge in [-0.05, 0) is 20.3 Å². The second-order valence-corrected chi connectivity index (χ2v) is 6.13. The summed E-state index contributed by atoms with van der Waals surface area (Å²) < 4.78 is 10.0. The number of hydrogen-bond acceptors (Lipinski definition) is 4. The van der Waals surface area contributed by atoms with Crippen LogP contribution in [0, 0.1) is 19.8 Å². The van der Waals surface area contributed by atoms with E-state index in [0.717, 1.165) is 37.6 Å². The molecule has 6 heteroatoms. The van der Waals surface area contributed by atoms with Gasteiger partial charge in [-0.3, -0.25) is 4.68 Å². The number of aryl methyl sites for hydroxylation is 3. The summed E-state index contributed by atoms with van der Waals surface area (Å²) in [6, 6.07) is 0. The van der Waals surface area contributed by atoms with Crippen LogP contribution in [0.15, 0.2) is 12.4 Å². The molecule has 1 aliphatic rings. The number of aromatic nitrogens is 4. The van der Waals surface area contributed by atoms with Crippen molar-refractivity contribution in [2.75, 3.05) is 13.2 Å². The van der Waals surface area contributed by atoms with E-state index in [1.165, 1.54) is 11.3 Å². The van der Waals surface area contributed by atoms with Gasteiger partial charge in [-0.1, -0.05) is 0 Å². The van der Waals surface area contributed by atoms with Gasteiger partial charge in [0.05, 0.1) is 18.3 Å². The van der Waals surface area contributed by atoms with Gasteiger partial charge in [-0.15, -0.1) is 0 Å². The topological polar surface area (TPSA) is 56.9 Å². The van der Waals surface area contributed by atoms with E-state index in [1.807, 2.05) is 35.7 Å². The predicted octanol–water partition coefficient (Wildman–Crippen LogP) is 1.64. The van der Waals surface area contributed by atoms with Gasteiger partial charge >= 0.3 is 0 Å². The summed E-state index contributed by atoms with van der Waals surface area (Å²) in [5.74, 6) is 1.55. The maximum absolute atomic E-state index is 6.02. The standard InChI is InChI=1S/C16H25N5O/c1-11-15(12(2)21(4)19-11)16-13(5-8-22-16)9-17-10-14-18-6-7-20(14)3/h6-7,13,16-17H,5,8-10H2,1-4H3/t13-,16-/m1/s1. The molecule has 1 saturated heterocycles. The lowest BCUT2D eigenvalue weighted by atomic mass is 9.94. The van der Waals surface area contributed by atoms with Crippen molar-refractivity contribution in [3.8, 4) is 0 Å². The lowest BCUT2D eigenvalue weighted by molar-refractivity contribution is 0.0893. The Balaban J connectivity index is 1.65. The lowest BCUT2D eigenvalue weighted by Crippen LogP contribution is -2.26. The molecule has 0 saturated carbocycles. The molecule has 0 unspecified atom stereocenters.